The Kier molecular flexibility index (Phi) is 5.83. The first-order valence-electron chi connectivity index (χ1n) is 9.17. The second kappa shape index (κ2) is 8.27. The minimum atomic E-state index is -0.880. The van der Waals surface area contributed by atoms with Gasteiger partial charge >= 0.3 is 0 Å². The third kappa shape index (κ3) is 4.02. The molecule has 1 saturated heterocycles. The minimum absolute atomic E-state index is 0.0713. The number of amides is 1. The first-order valence-corrected chi connectivity index (χ1v) is 9.17. The molecule has 0 unspecified atom stereocenters. The van der Waals surface area contributed by atoms with Crippen LogP contribution in [-0.4, -0.2) is 34.6 Å². The van der Waals surface area contributed by atoms with Crippen LogP contribution in [0.5, 0.6) is 5.75 Å². The van der Waals surface area contributed by atoms with Gasteiger partial charge in [0.05, 0.1) is 11.7 Å². The maximum atomic E-state index is 13.3. The molecule has 0 saturated carbocycles. The molecule has 2 N–H and O–H groups in total. The monoisotopic (exact) mass is 354 g/mol. The molecule has 2 aromatic rings. The number of piperidine rings is 1. The molecule has 0 aliphatic carbocycles. The molecule has 0 spiro atoms. The van der Waals surface area contributed by atoms with Gasteiger partial charge in [-0.1, -0.05) is 13.0 Å². The van der Waals surface area contributed by atoms with Crippen molar-refractivity contribution in [2.24, 2.45) is 0 Å². The molecule has 6 heteroatoms. The molecule has 6 nitrogen and oxygen atoms in total. The lowest BCUT2D eigenvalue weighted by molar-refractivity contribution is -0.140. The Morgan fingerprint density at radius 3 is 2.73 bits per heavy atom. The van der Waals surface area contributed by atoms with Crippen molar-refractivity contribution in [1.29, 1.82) is 0 Å². The van der Waals surface area contributed by atoms with E-state index in [2.05, 4.69) is 27.5 Å². The predicted molar refractivity (Wildman–Crippen MR) is 99.8 cm³/mol. The Morgan fingerprint density at radius 1 is 1.31 bits per heavy atom. The van der Waals surface area contributed by atoms with Crippen LogP contribution >= 0.6 is 0 Å². The summed E-state index contributed by atoms with van der Waals surface area (Å²) in [4.78, 5) is 21.7. The molecule has 1 aliphatic rings. The van der Waals surface area contributed by atoms with Crippen LogP contribution in [0.1, 0.15) is 43.5 Å². The molecule has 1 atom stereocenters. The zero-order valence-corrected chi connectivity index (χ0v) is 15.4. The van der Waals surface area contributed by atoms with Gasteiger partial charge in [0.1, 0.15) is 5.75 Å². The number of hydrogen-bond acceptors (Lipinski definition) is 5. The molecule has 1 aliphatic heterocycles. The Morgan fingerprint density at radius 2 is 2.08 bits per heavy atom. The van der Waals surface area contributed by atoms with Gasteiger partial charge in [0.25, 0.3) is 5.91 Å². The molecular formula is C20H26N4O2. The molecule has 3 rings (SSSR count). The van der Waals surface area contributed by atoms with Crippen molar-refractivity contribution < 1.29 is 9.53 Å². The van der Waals surface area contributed by atoms with Crippen LogP contribution < -0.4 is 15.4 Å². The largest absolute Gasteiger partial charge is 0.475 e. The van der Waals surface area contributed by atoms with E-state index in [-0.39, 0.29) is 11.9 Å². The smallest absolute Gasteiger partial charge is 0.264 e. The van der Waals surface area contributed by atoms with Crippen molar-refractivity contribution >= 4 is 5.91 Å². The Balaban J connectivity index is 1.82. The summed E-state index contributed by atoms with van der Waals surface area (Å²) in [7, 11) is 0. The van der Waals surface area contributed by atoms with Gasteiger partial charge in [-0.15, -0.1) is 0 Å². The van der Waals surface area contributed by atoms with Crippen molar-refractivity contribution in [3.05, 3.63) is 54.1 Å². The molecule has 0 aromatic carbocycles. The van der Waals surface area contributed by atoms with Crippen molar-refractivity contribution in [2.45, 2.75) is 44.8 Å². The summed E-state index contributed by atoms with van der Waals surface area (Å²) in [6.45, 7) is 5.44. The number of carbonyl (C=O) groups excluding carboxylic acids is 1. The van der Waals surface area contributed by atoms with E-state index in [9.17, 15) is 4.79 Å². The molecule has 2 aromatic heterocycles. The Labute approximate surface area is 154 Å². The van der Waals surface area contributed by atoms with Gasteiger partial charge in [-0.05, 0) is 50.2 Å². The van der Waals surface area contributed by atoms with Crippen molar-refractivity contribution in [3.63, 3.8) is 0 Å². The molecule has 138 valence electrons. The van der Waals surface area contributed by atoms with E-state index < -0.39 is 5.60 Å². The molecule has 0 radical (unpaired) electrons. The first-order chi connectivity index (χ1) is 12.6. The summed E-state index contributed by atoms with van der Waals surface area (Å²) in [5, 5.41) is 6.49. The topological polar surface area (TPSA) is 76.1 Å². The summed E-state index contributed by atoms with van der Waals surface area (Å²) in [6.07, 6.45) is 7.30. The van der Waals surface area contributed by atoms with E-state index in [1.807, 2.05) is 31.2 Å². The van der Waals surface area contributed by atoms with Crippen LogP contribution in [-0.2, 0) is 4.79 Å². The number of aromatic nitrogens is 2. The van der Waals surface area contributed by atoms with E-state index in [0.29, 0.717) is 18.6 Å². The van der Waals surface area contributed by atoms with Gasteiger partial charge in [0.15, 0.2) is 5.60 Å². The lowest BCUT2D eigenvalue weighted by atomic mass is 9.90. The number of rotatable bonds is 6. The summed E-state index contributed by atoms with van der Waals surface area (Å²) >= 11 is 0. The maximum Gasteiger partial charge on any atom is 0.264 e. The summed E-state index contributed by atoms with van der Waals surface area (Å²) in [6, 6.07) is 7.50. The number of pyridine rings is 2. The van der Waals surface area contributed by atoms with Crippen molar-refractivity contribution in [3.8, 4) is 5.75 Å². The number of nitrogens with zero attached hydrogens (tertiary/aromatic N) is 2. The van der Waals surface area contributed by atoms with Crippen LogP contribution in [0.25, 0.3) is 0 Å². The summed E-state index contributed by atoms with van der Waals surface area (Å²) in [5.74, 6) is 0.594. The van der Waals surface area contributed by atoms with Gasteiger partial charge in [-0.3, -0.25) is 14.8 Å². The lowest BCUT2D eigenvalue weighted by Gasteiger charge is -2.37. The standard InChI is InChI=1S/C20H26N4O2/c1-3-17(16-6-4-10-22-14-16)24-19(25)20(8-12-21-13-9-20)26-18-7-5-11-23-15(18)2/h4-7,10-11,14,17,21H,3,8-9,12-13H2,1-2H3,(H,24,25)/t17-/m0/s1. The number of nitrogens with one attached hydrogen (secondary N) is 2. The van der Waals surface area contributed by atoms with Crippen LogP contribution in [0.15, 0.2) is 42.9 Å². The molecule has 1 fully saturated rings. The van der Waals surface area contributed by atoms with Crippen LogP contribution in [0.4, 0.5) is 0 Å². The van der Waals surface area contributed by atoms with Crippen LogP contribution in [0.3, 0.4) is 0 Å². The number of hydrogen-bond donors (Lipinski definition) is 2. The third-order valence-corrected chi connectivity index (χ3v) is 4.89. The van der Waals surface area contributed by atoms with E-state index >= 15 is 0 Å². The van der Waals surface area contributed by atoms with Crippen molar-refractivity contribution in [2.75, 3.05) is 13.1 Å². The predicted octanol–water partition coefficient (Wildman–Crippen LogP) is 2.55. The number of aryl methyl sites for hydroxylation is 1. The van der Waals surface area contributed by atoms with E-state index in [1.165, 1.54) is 0 Å². The highest BCUT2D eigenvalue weighted by Crippen LogP contribution is 2.29. The fraction of sp³-hybridized carbons (Fsp3) is 0.450. The highest BCUT2D eigenvalue weighted by Gasteiger charge is 2.43. The zero-order valence-electron chi connectivity index (χ0n) is 15.4. The number of ether oxygens (including phenoxy) is 1. The fourth-order valence-electron chi connectivity index (χ4n) is 3.29. The number of carbonyl (C=O) groups is 1. The minimum Gasteiger partial charge on any atom is -0.475 e. The second-order valence-corrected chi connectivity index (χ2v) is 6.65. The van der Waals surface area contributed by atoms with Gasteiger partial charge in [-0.25, -0.2) is 0 Å². The quantitative estimate of drug-likeness (QED) is 0.834. The van der Waals surface area contributed by atoms with E-state index in [4.69, 9.17) is 4.74 Å². The fourth-order valence-corrected chi connectivity index (χ4v) is 3.29. The molecule has 3 heterocycles. The molecule has 1 amide bonds. The molecular weight excluding hydrogens is 328 g/mol. The average molecular weight is 354 g/mol. The van der Waals surface area contributed by atoms with Gasteiger partial charge < -0.3 is 15.4 Å². The molecule has 0 bridgehead atoms. The summed E-state index contributed by atoms with van der Waals surface area (Å²) < 4.78 is 6.29. The van der Waals surface area contributed by atoms with Gasteiger partial charge in [-0.2, -0.15) is 0 Å². The van der Waals surface area contributed by atoms with Crippen LogP contribution in [0, 0.1) is 6.92 Å². The SMILES string of the molecule is CC[C@H](NC(=O)C1(Oc2cccnc2C)CCNCC1)c1cccnc1. The highest BCUT2D eigenvalue weighted by molar-refractivity contribution is 5.86. The first kappa shape index (κ1) is 18.3. The normalized spacial score (nSPS) is 17.3. The lowest BCUT2D eigenvalue weighted by Crippen LogP contribution is -2.57. The van der Waals surface area contributed by atoms with E-state index in [1.54, 1.807) is 18.6 Å². The summed E-state index contributed by atoms with van der Waals surface area (Å²) in [5.41, 5.74) is 0.914. The van der Waals surface area contributed by atoms with Gasteiger partial charge in [0.2, 0.25) is 0 Å². The molecule has 26 heavy (non-hydrogen) atoms. The van der Waals surface area contributed by atoms with E-state index in [0.717, 1.165) is 30.8 Å². The third-order valence-electron chi connectivity index (χ3n) is 4.89. The second-order valence-electron chi connectivity index (χ2n) is 6.65. The van der Waals surface area contributed by atoms with Gasteiger partial charge in [0, 0.05) is 31.4 Å². The average Bonchev–Trinajstić information content (AvgIpc) is 2.69. The highest BCUT2D eigenvalue weighted by atomic mass is 16.5. The van der Waals surface area contributed by atoms with Crippen molar-refractivity contribution in [1.82, 2.24) is 20.6 Å². The maximum absolute atomic E-state index is 13.3. The Hall–Kier alpha value is -2.47. The zero-order chi connectivity index (χ0) is 18.4. The Bertz CT molecular complexity index is 730. The van der Waals surface area contributed by atoms with Crippen LogP contribution in [0.2, 0.25) is 0 Å².